The molecule has 1 aromatic rings. The number of rotatable bonds is 2. The minimum absolute atomic E-state index is 0.409. The average Bonchev–Trinajstić information content (AvgIpc) is 2.86. The van der Waals surface area contributed by atoms with Gasteiger partial charge in [-0.1, -0.05) is 11.6 Å². The monoisotopic (exact) mass is 301 g/mol. The quantitative estimate of drug-likeness (QED) is 0.820. The van der Waals surface area contributed by atoms with Gasteiger partial charge in [0.05, 0.1) is 11.3 Å². The second-order valence-electron chi connectivity index (χ2n) is 5.34. The van der Waals surface area contributed by atoms with Crippen molar-refractivity contribution in [3.8, 4) is 0 Å². The van der Waals surface area contributed by atoms with Gasteiger partial charge in [-0.05, 0) is 24.0 Å². The molecular formula is C12H16ClN3O2S. The van der Waals surface area contributed by atoms with E-state index in [0.29, 0.717) is 29.9 Å². The van der Waals surface area contributed by atoms with Crippen molar-refractivity contribution >= 4 is 27.4 Å². The first kappa shape index (κ1) is 13.1. The number of sulfonamides is 1. The SMILES string of the molecule is CS(=O)(=O)N1CC2CN(c3ccc(Cl)cn3)CC2C1. The summed E-state index contributed by atoms with van der Waals surface area (Å²) in [4.78, 5) is 6.53. The number of fused-ring (bicyclic) bond motifs is 1. The molecule has 3 heterocycles. The molecule has 0 spiro atoms. The lowest BCUT2D eigenvalue weighted by atomic mass is 10.0. The van der Waals surface area contributed by atoms with E-state index in [2.05, 4.69) is 9.88 Å². The number of halogens is 1. The molecule has 0 N–H and O–H groups in total. The predicted molar refractivity (Wildman–Crippen MR) is 74.9 cm³/mol. The zero-order chi connectivity index (χ0) is 13.6. The van der Waals surface area contributed by atoms with Crippen molar-refractivity contribution in [2.75, 3.05) is 37.3 Å². The van der Waals surface area contributed by atoms with Crippen LogP contribution in [0.2, 0.25) is 5.02 Å². The third-order valence-electron chi connectivity index (χ3n) is 3.96. The predicted octanol–water partition coefficient (Wildman–Crippen LogP) is 1.06. The van der Waals surface area contributed by atoms with E-state index < -0.39 is 10.0 Å². The molecule has 3 rings (SSSR count). The van der Waals surface area contributed by atoms with E-state index >= 15 is 0 Å². The summed E-state index contributed by atoms with van der Waals surface area (Å²) in [6, 6.07) is 3.75. The maximum absolute atomic E-state index is 11.5. The molecule has 0 bridgehead atoms. The Morgan fingerprint density at radius 3 is 2.32 bits per heavy atom. The number of hydrogen-bond donors (Lipinski definition) is 0. The van der Waals surface area contributed by atoms with E-state index in [-0.39, 0.29) is 0 Å². The molecule has 2 aliphatic heterocycles. The van der Waals surface area contributed by atoms with Crippen LogP contribution in [0.4, 0.5) is 5.82 Å². The summed E-state index contributed by atoms with van der Waals surface area (Å²) in [5.41, 5.74) is 0. The summed E-state index contributed by atoms with van der Waals surface area (Å²) in [5, 5.41) is 0.631. The van der Waals surface area contributed by atoms with Crippen molar-refractivity contribution in [3.63, 3.8) is 0 Å². The molecule has 104 valence electrons. The summed E-state index contributed by atoms with van der Waals surface area (Å²) in [7, 11) is -3.05. The van der Waals surface area contributed by atoms with Crippen LogP contribution in [0.25, 0.3) is 0 Å². The Bertz CT molecular complexity index is 561. The van der Waals surface area contributed by atoms with Gasteiger partial charge in [0.15, 0.2) is 0 Å². The molecule has 1 aromatic heterocycles. The van der Waals surface area contributed by atoms with Crippen molar-refractivity contribution in [2.24, 2.45) is 11.8 Å². The standard InChI is InChI=1S/C12H16ClN3O2S/c1-19(17,18)16-7-9-5-15(6-10(9)8-16)12-3-2-11(13)4-14-12/h2-4,9-10H,5-8H2,1H3. The first-order valence-electron chi connectivity index (χ1n) is 6.25. The zero-order valence-corrected chi connectivity index (χ0v) is 12.2. The van der Waals surface area contributed by atoms with Gasteiger partial charge in [-0.2, -0.15) is 0 Å². The molecule has 7 heteroatoms. The van der Waals surface area contributed by atoms with Crippen LogP contribution in [0.5, 0.6) is 0 Å². The van der Waals surface area contributed by atoms with Gasteiger partial charge in [-0.25, -0.2) is 17.7 Å². The highest BCUT2D eigenvalue weighted by Gasteiger charge is 2.43. The van der Waals surface area contributed by atoms with Gasteiger partial charge in [0.25, 0.3) is 0 Å². The highest BCUT2D eigenvalue weighted by atomic mass is 35.5. The largest absolute Gasteiger partial charge is 0.356 e. The minimum Gasteiger partial charge on any atom is -0.356 e. The summed E-state index contributed by atoms with van der Waals surface area (Å²) in [6.07, 6.45) is 2.93. The van der Waals surface area contributed by atoms with Gasteiger partial charge >= 0.3 is 0 Å². The van der Waals surface area contributed by atoms with Crippen LogP contribution in [0.1, 0.15) is 0 Å². The molecular weight excluding hydrogens is 286 g/mol. The van der Waals surface area contributed by atoms with E-state index in [1.165, 1.54) is 6.26 Å². The summed E-state index contributed by atoms with van der Waals surface area (Å²) in [5.74, 6) is 1.74. The van der Waals surface area contributed by atoms with E-state index in [0.717, 1.165) is 18.9 Å². The number of nitrogens with zero attached hydrogens (tertiary/aromatic N) is 3. The zero-order valence-electron chi connectivity index (χ0n) is 10.7. The molecule has 2 fully saturated rings. The third-order valence-corrected chi connectivity index (χ3v) is 5.42. The first-order valence-corrected chi connectivity index (χ1v) is 8.48. The van der Waals surface area contributed by atoms with Gasteiger partial charge in [-0.3, -0.25) is 0 Å². The smallest absolute Gasteiger partial charge is 0.211 e. The van der Waals surface area contributed by atoms with E-state index in [4.69, 9.17) is 11.6 Å². The molecule has 0 aromatic carbocycles. The Balaban J connectivity index is 1.70. The fourth-order valence-electron chi connectivity index (χ4n) is 2.96. The molecule has 2 unspecified atom stereocenters. The van der Waals surface area contributed by atoms with Crippen molar-refractivity contribution < 1.29 is 8.42 Å². The van der Waals surface area contributed by atoms with Gasteiger partial charge in [0.2, 0.25) is 10.0 Å². The first-order chi connectivity index (χ1) is 8.93. The molecule has 5 nitrogen and oxygen atoms in total. The van der Waals surface area contributed by atoms with Crippen LogP contribution in [-0.2, 0) is 10.0 Å². The highest BCUT2D eigenvalue weighted by Crippen LogP contribution is 2.34. The summed E-state index contributed by atoms with van der Waals surface area (Å²) < 4.78 is 24.7. The fraction of sp³-hybridized carbons (Fsp3) is 0.583. The lowest BCUT2D eigenvalue weighted by Gasteiger charge is -2.21. The normalized spacial score (nSPS) is 27.8. The third kappa shape index (κ3) is 2.57. The Labute approximate surface area is 118 Å². The van der Waals surface area contributed by atoms with Crippen LogP contribution in [0, 0.1) is 11.8 Å². The van der Waals surface area contributed by atoms with E-state index in [9.17, 15) is 8.42 Å². The van der Waals surface area contributed by atoms with Gasteiger partial charge in [0, 0.05) is 32.4 Å². The van der Waals surface area contributed by atoms with Gasteiger partial charge < -0.3 is 4.90 Å². The van der Waals surface area contributed by atoms with Crippen molar-refractivity contribution in [1.29, 1.82) is 0 Å². The summed E-state index contributed by atoms with van der Waals surface area (Å²) in [6.45, 7) is 3.00. The maximum Gasteiger partial charge on any atom is 0.211 e. The van der Waals surface area contributed by atoms with Gasteiger partial charge in [-0.15, -0.1) is 0 Å². The minimum atomic E-state index is -3.05. The maximum atomic E-state index is 11.5. The van der Waals surface area contributed by atoms with Crippen LogP contribution in [-0.4, -0.2) is 50.1 Å². The molecule has 0 radical (unpaired) electrons. The van der Waals surface area contributed by atoms with Crippen molar-refractivity contribution in [1.82, 2.24) is 9.29 Å². The lowest BCUT2D eigenvalue weighted by Crippen LogP contribution is -2.32. The Kier molecular flexibility index (Phi) is 3.19. The second kappa shape index (κ2) is 4.61. The number of anilines is 1. The Hall–Kier alpha value is -0.850. The highest BCUT2D eigenvalue weighted by molar-refractivity contribution is 7.88. The van der Waals surface area contributed by atoms with Crippen LogP contribution in [0.15, 0.2) is 18.3 Å². The molecule has 0 saturated carbocycles. The summed E-state index contributed by atoms with van der Waals surface area (Å²) >= 11 is 5.83. The molecule has 2 aliphatic rings. The van der Waals surface area contributed by atoms with Crippen LogP contribution >= 0.6 is 11.6 Å². The molecule has 2 atom stereocenters. The lowest BCUT2D eigenvalue weighted by molar-refractivity contribution is 0.458. The average molecular weight is 302 g/mol. The van der Waals surface area contributed by atoms with Crippen molar-refractivity contribution in [2.45, 2.75) is 0 Å². The van der Waals surface area contributed by atoms with Gasteiger partial charge in [0.1, 0.15) is 5.82 Å². The number of aromatic nitrogens is 1. The molecule has 0 amide bonds. The number of pyridine rings is 1. The Morgan fingerprint density at radius 1 is 1.21 bits per heavy atom. The number of hydrogen-bond acceptors (Lipinski definition) is 4. The van der Waals surface area contributed by atoms with Crippen LogP contribution in [0.3, 0.4) is 0 Å². The molecule has 2 saturated heterocycles. The Morgan fingerprint density at radius 2 is 1.84 bits per heavy atom. The van der Waals surface area contributed by atoms with E-state index in [1.54, 1.807) is 10.5 Å². The van der Waals surface area contributed by atoms with Crippen LogP contribution < -0.4 is 4.90 Å². The second-order valence-corrected chi connectivity index (χ2v) is 7.76. The fourth-order valence-corrected chi connectivity index (χ4v) is 4.00. The van der Waals surface area contributed by atoms with E-state index in [1.807, 2.05) is 12.1 Å². The molecule has 0 aliphatic carbocycles. The topological polar surface area (TPSA) is 53.5 Å². The molecule has 19 heavy (non-hydrogen) atoms. The van der Waals surface area contributed by atoms with Crippen molar-refractivity contribution in [3.05, 3.63) is 23.4 Å².